The summed E-state index contributed by atoms with van der Waals surface area (Å²) in [6.45, 7) is 1.63. The lowest BCUT2D eigenvalue weighted by molar-refractivity contribution is 0.403. The molecule has 1 aromatic heterocycles. The fourth-order valence-corrected chi connectivity index (χ4v) is 2.61. The van der Waals surface area contributed by atoms with Crippen molar-refractivity contribution in [3.8, 4) is 0 Å². The fraction of sp³-hybridized carbons (Fsp3) is 0.308. The topological polar surface area (TPSA) is 28.2 Å². The quantitative estimate of drug-likeness (QED) is 0.910. The molecule has 2 rings (SSSR count). The average Bonchev–Trinajstić information content (AvgIpc) is 2.73. The van der Waals surface area contributed by atoms with E-state index < -0.39 is 0 Å². The van der Waals surface area contributed by atoms with E-state index in [1.54, 1.807) is 6.20 Å². The minimum atomic E-state index is 0.710. The number of nitrogens with one attached hydrogen (secondary N) is 1. The lowest BCUT2D eigenvalue weighted by Crippen LogP contribution is -2.12. The maximum atomic E-state index is 5.86. The van der Waals surface area contributed by atoms with Gasteiger partial charge in [0.2, 0.25) is 0 Å². The standard InChI is InChI=1S/C13H16ClN3S/c1-17(2)9-10-5-3-4-6-11(10)15-8-13-16-7-12(14)18-13/h3-7,15H,8-9H2,1-2H3. The number of nitrogens with zero attached hydrogens (tertiary/aromatic N) is 2. The molecule has 0 fully saturated rings. The molecule has 3 nitrogen and oxygen atoms in total. The van der Waals surface area contributed by atoms with Crippen molar-refractivity contribution < 1.29 is 0 Å². The summed E-state index contributed by atoms with van der Waals surface area (Å²) in [6, 6.07) is 8.33. The average molecular weight is 282 g/mol. The predicted octanol–water partition coefficient (Wildman–Crippen LogP) is 3.47. The molecule has 18 heavy (non-hydrogen) atoms. The molecular formula is C13H16ClN3S. The normalized spacial score (nSPS) is 10.9. The van der Waals surface area contributed by atoms with Crippen molar-refractivity contribution in [3.05, 3.63) is 45.4 Å². The highest BCUT2D eigenvalue weighted by Gasteiger charge is 2.04. The van der Waals surface area contributed by atoms with Crippen LogP contribution in [0.15, 0.2) is 30.5 Å². The van der Waals surface area contributed by atoms with Crippen LogP contribution in [0.2, 0.25) is 4.34 Å². The van der Waals surface area contributed by atoms with E-state index in [1.165, 1.54) is 16.9 Å². The molecule has 0 unspecified atom stereocenters. The van der Waals surface area contributed by atoms with Gasteiger partial charge in [0.15, 0.2) is 0 Å². The van der Waals surface area contributed by atoms with Gasteiger partial charge in [-0.1, -0.05) is 29.8 Å². The summed E-state index contributed by atoms with van der Waals surface area (Å²) >= 11 is 7.37. The summed E-state index contributed by atoms with van der Waals surface area (Å²) in [7, 11) is 4.13. The molecule has 0 saturated heterocycles. The molecule has 0 aliphatic heterocycles. The predicted molar refractivity (Wildman–Crippen MR) is 78.3 cm³/mol. The first-order chi connectivity index (χ1) is 8.65. The Kier molecular flexibility index (Phi) is 4.58. The molecule has 0 spiro atoms. The van der Waals surface area contributed by atoms with Gasteiger partial charge in [-0.15, -0.1) is 11.3 Å². The first-order valence-electron chi connectivity index (χ1n) is 5.72. The van der Waals surface area contributed by atoms with Crippen molar-refractivity contribution in [1.29, 1.82) is 0 Å². The van der Waals surface area contributed by atoms with E-state index in [2.05, 4.69) is 47.5 Å². The van der Waals surface area contributed by atoms with Crippen LogP contribution in [0.3, 0.4) is 0 Å². The summed E-state index contributed by atoms with van der Waals surface area (Å²) in [5.74, 6) is 0. The maximum absolute atomic E-state index is 5.86. The smallest absolute Gasteiger partial charge is 0.113 e. The van der Waals surface area contributed by atoms with Gasteiger partial charge in [0.05, 0.1) is 12.7 Å². The molecule has 0 radical (unpaired) electrons. The van der Waals surface area contributed by atoms with E-state index >= 15 is 0 Å². The Balaban J connectivity index is 2.04. The second-order valence-electron chi connectivity index (χ2n) is 4.31. The van der Waals surface area contributed by atoms with Crippen LogP contribution >= 0.6 is 22.9 Å². The molecule has 0 aliphatic carbocycles. The fourth-order valence-electron chi connectivity index (χ4n) is 1.71. The summed E-state index contributed by atoms with van der Waals surface area (Å²) in [5, 5.41) is 4.41. The molecule has 2 aromatic rings. The number of thiazole rings is 1. The Hall–Kier alpha value is -1.10. The van der Waals surface area contributed by atoms with E-state index in [9.17, 15) is 0 Å². The Labute approximate surface area is 116 Å². The molecular weight excluding hydrogens is 266 g/mol. The number of anilines is 1. The van der Waals surface area contributed by atoms with Crippen LogP contribution in [0.5, 0.6) is 0 Å². The number of halogens is 1. The Bertz CT molecular complexity index is 510. The van der Waals surface area contributed by atoms with Gasteiger partial charge in [0.1, 0.15) is 9.34 Å². The van der Waals surface area contributed by atoms with E-state index in [4.69, 9.17) is 11.6 Å². The second kappa shape index (κ2) is 6.18. The zero-order valence-corrected chi connectivity index (χ0v) is 12.1. The van der Waals surface area contributed by atoms with Crippen LogP contribution < -0.4 is 5.32 Å². The minimum Gasteiger partial charge on any atom is -0.378 e. The SMILES string of the molecule is CN(C)Cc1ccccc1NCc1ncc(Cl)s1. The maximum Gasteiger partial charge on any atom is 0.113 e. The third-order valence-electron chi connectivity index (χ3n) is 2.46. The molecule has 0 aliphatic rings. The van der Waals surface area contributed by atoms with Crippen molar-refractivity contribution in [2.75, 3.05) is 19.4 Å². The molecule has 96 valence electrons. The Morgan fingerprint density at radius 1 is 1.33 bits per heavy atom. The van der Waals surface area contributed by atoms with Crippen LogP contribution in [0.1, 0.15) is 10.6 Å². The summed E-state index contributed by atoms with van der Waals surface area (Å²) in [5.41, 5.74) is 2.43. The van der Waals surface area contributed by atoms with Gasteiger partial charge < -0.3 is 10.2 Å². The first kappa shape index (κ1) is 13.3. The van der Waals surface area contributed by atoms with Crippen LogP contribution in [-0.4, -0.2) is 24.0 Å². The zero-order chi connectivity index (χ0) is 13.0. The highest BCUT2D eigenvalue weighted by molar-refractivity contribution is 7.15. The molecule has 0 atom stereocenters. The van der Waals surface area contributed by atoms with Crippen LogP contribution in [0.4, 0.5) is 5.69 Å². The van der Waals surface area contributed by atoms with Crippen molar-refractivity contribution in [3.63, 3.8) is 0 Å². The number of hydrogen-bond acceptors (Lipinski definition) is 4. The number of benzene rings is 1. The van der Waals surface area contributed by atoms with Crippen molar-refractivity contribution in [2.24, 2.45) is 0 Å². The van der Waals surface area contributed by atoms with Crippen LogP contribution in [0.25, 0.3) is 0 Å². The van der Waals surface area contributed by atoms with Gasteiger partial charge >= 0.3 is 0 Å². The first-order valence-corrected chi connectivity index (χ1v) is 6.91. The molecule has 1 heterocycles. The van der Waals surface area contributed by atoms with Gasteiger partial charge in [-0.05, 0) is 25.7 Å². The van der Waals surface area contributed by atoms with Gasteiger partial charge in [-0.3, -0.25) is 0 Å². The van der Waals surface area contributed by atoms with E-state index in [-0.39, 0.29) is 0 Å². The van der Waals surface area contributed by atoms with Crippen molar-refractivity contribution in [1.82, 2.24) is 9.88 Å². The monoisotopic (exact) mass is 281 g/mol. The summed E-state index contributed by atoms with van der Waals surface area (Å²) < 4.78 is 0.730. The number of aromatic nitrogens is 1. The van der Waals surface area contributed by atoms with Crippen LogP contribution in [0, 0.1) is 0 Å². The van der Waals surface area contributed by atoms with Gasteiger partial charge in [-0.25, -0.2) is 4.98 Å². The van der Waals surface area contributed by atoms with Gasteiger partial charge in [0.25, 0.3) is 0 Å². The van der Waals surface area contributed by atoms with Gasteiger partial charge in [-0.2, -0.15) is 0 Å². The lowest BCUT2D eigenvalue weighted by atomic mass is 10.1. The Morgan fingerprint density at radius 2 is 2.11 bits per heavy atom. The molecule has 0 saturated carbocycles. The summed E-state index contributed by atoms with van der Waals surface area (Å²) in [6.07, 6.45) is 1.69. The molecule has 5 heteroatoms. The molecule has 1 aromatic carbocycles. The minimum absolute atomic E-state index is 0.710. The lowest BCUT2D eigenvalue weighted by Gasteiger charge is -2.14. The number of rotatable bonds is 5. The number of hydrogen-bond donors (Lipinski definition) is 1. The third kappa shape index (κ3) is 3.70. The van der Waals surface area contributed by atoms with Crippen LogP contribution in [-0.2, 0) is 13.1 Å². The third-order valence-corrected chi connectivity index (χ3v) is 3.57. The highest BCUT2D eigenvalue weighted by atomic mass is 35.5. The Morgan fingerprint density at radius 3 is 2.78 bits per heavy atom. The largest absolute Gasteiger partial charge is 0.378 e. The molecule has 0 amide bonds. The molecule has 0 bridgehead atoms. The second-order valence-corrected chi connectivity index (χ2v) is 6.05. The highest BCUT2D eigenvalue weighted by Crippen LogP contribution is 2.21. The molecule has 1 N–H and O–H groups in total. The summed E-state index contributed by atoms with van der Waals surface area (Å²) in [4.78, 5) is 6.39. The van der Waals surface area contributed by atoms with E-state index in [0.717, 1.165) is 21.6 Å². The zero-order valence-electron chi connectivity index (χ0n) is 10.5. The van der Waals surface area contributed by atoms with E-state index in [1.807, 2.05) is 6.07 Å². The van der Waals surface area contributed by atoms with Crippen molar-refractivity contribution >= 4 is 28.6 Å². The number of para-hydroxylation sites is 1. The van der Waals surface area contributed by atoms with E-state index in [0.29, 0.717) is 6.54 Å². The van der Waals surface area contributed by atoms with Crippen molar-refractivity contribution in [2.45, 2.75) is 13.1 Å². The van der Waals surface area contributed by atoms with Gasteiger partial charge in [0, 0.05) is 12.2 Å².